The van der Waals surface area contributed by atoms with Gasteiger partial charge in [0.25, 0.3) is 0 Å². The Morgan fingerprint density at radius 3 is 2.75 bits per heavy atom. The first-order valence-corrected chi connectivity index (χ1v) is 9.40. The predicted octanol–water partition coefficient (Wildman–Crippen LogP) is 2.80. The van der Waals surface area contributed by atoms with Crippen LogP contribution >= 0.6 is 0 Å². The topological polar surface area (TPSA) is 52.6 Å². The third-order valence-electron chi connectivity index (χ3n) is 5.70. The fourth-order valence-electron chi connectivity index (χ4n) is 4.19. The molecule has 1 aliphatic carbocycles. The van der Waals surface area contributed by atoms with Crippen molar-refractivity contribution in [2.45, 2.75) is 57.6 Å². The molecule has 2 unspecified atom stereocenters. The highest BCUT2D eigenvalue weighted by atomic mass is 16.3. The number of rotatable bonds is 5. The third-order valence-corrected chi connectivity index (χ3v) is 5.70. The van der Waals surface area contributed by atoms with Crippen molar-refractivity contribution in [2.75, 3.05) is 19.6 Å². The molecule has 2 aliphatic rings. The van der Waals surface area contributed by atoms with Gasteiger partial charge in [-0.25, -0.2) is 0 Å². The first-order valence-electron chi connectivity index (χ1n) is 9.40. The molecule has 2 fully saturated rings. The van der Waals surface area contributed by atoms with Gasteiger partial charge in [0.2, 0.25) is 5.91 Å². The zero-order valence-electron chi connectivity index (χ0n) is 14.7. The second kappa shape index (κ2) is 8.13. The van der Waals surface area contributed by atoms with Gasteiger partial charge in [0.15, 0.2) is 0 Å². The molecule has 1 aromatic rings. The normalized spacial score (nSPS) is 24.0. The van der Waals surface area contributed by atoms with Crippen molar-refractivity contribution < 1.29 is 9.90 Å². The summed E-state index contributed by atoms with van der Waals surface area (Å²) in [6, 6.07) is 8.48. The minimum absolute atomic E-state index is 0.0796. The van der Waals surface area contributed by atoms with Crippen LogP contribution in [-0.4, -0.2) is 41.6 Å². The van der Waals surface area contributed by atoms with E-state index in [0.29, 0.717) is 12.6 Å². The first kappa shape index (κ1) is 17.4. The van der Waals surface area contributed by atoms with Crippen molar-refractivity contribution in [3.8, 4) is 0 Å². The van der Waals surface area contributed by atoms with Gasteiger partial charge in [-0.05, 0) is 43.9 Å². The van der Waals surface area contributed by atoms with E-state index in [2.05, 4.69) is 10.2 Å². The molecule has 1 heterocycles. The lowest BCUT2D eigenvalue weighted by Gasteiger charge is -2.30. The van der Waals surface area contributed by atoms with Gasteiger partial charge in [0.1, 0.15) is 0 Å². The van der Waals surface area contributed by atoms with E-state index in [1.165, 1.54) is 32.1 Å². The van der Waals surface area contributed by atoms with Crippen molar-refractivity contribution in [3.63, 3.8) is 0 Å². The highest BCUT2D eigenvalue weighted by Crippen LogP contribution is 2.28. The van der Waals surface area contributed by atoms with E-state index in [0.717, 1.165) is 30.6 Å². The van der Waals surface area contributed by atoms with Crippen LogP contribution in [-0.2, 0) is 4.79 Å². The Morgan fingerprint density at radius 1 is 1.25 bits per heavy atom. The summed E-state index contributed by atoms with van der Waals surface area (Å²) in [5.74, 6) is 0.178. The Kier molecular flexibility index (Phi) is 5.90. The van der Waals surface area contributed by atoms with Gasteiger partial charge in [-0.15, -0.1) is 0 Å². The van der Waals surface area contributed by atoms with Crippen LogP contribution in [0.4, 0.5) is 0 Å². The monoisotopic (exact) mass is 330 g/mol. The molecular formula is C20H30N2O2. The molecule has 132 valence electrons. The summed E-state index contributed by atoms with van der Waals surface area (Å²) < 4.78 is 0. The average Bonchev–Trinajstić information content (AvgIpc) is 3.11. The maximum Gasteiger partial charge on any atom is 0.224 e. The number of nitrogens with one attached hydrogen (secondary N) is 1. The molecule has 0 spiro atoms. The number of aliphatic hydroxyl groups is 1. The lowest BCUT2D eigenvalue weighted by molar-refractivity contribution is -0.125. The van der Waals surface area contributed by atoms with Crippen molar-refractivity contribution in [1.82, 2.24) is 10.2 Å². The van der Waals surface area contributed by atoms with Crippen molar-refractivity contribution in [2.24, 2.45) is 5.92 Å². The Balaban J connectivity index is 1.46. The number of aliphatic hydroxyl groups excluding tert-OH is 1. The summed E-state index contributed by atoms with van der Waals surface area (Å²) in [5, 5.41) is 13.3. The SMILES string of the molecule is Cc1ccccc1C(O)CNC(=O)C1CCN(C2CCCCC2)C1. The molecule has 3 rings (SSSR count). The van der Waals surface area contributed by atoms with Crippen molar-refractivity contribution in [3.05, 3.63) is 35.4 Å². The Labute approximate surface area is 145 Å². The number of carbonyl (C=O) groups is 1. The number of nitrogens with zero attached hydrogens (tertiary/aromatic N) is 1. The van der Waals surface area contributed by atoms with Crippen LogP contribution in [0.1, 0.15) is 55.8 Å². The second-order valence-electron chi connectivity index (χ2n) is 7.39. The summed E-state index contributed by atoms with van der Waals surface area (Å²) in [5.41, 5.74) is 1.96. The summed E-state index contributed by atoms with van der Waals surface area (Å²) in [4.78, 5) is 15.0. The van der Waals surface area contributed by atoms with Crippen LogP contribution < -0.4 is 5.32 Å². The molecule has 1 aromatic carbocycles. The lowest BCUT2D eigenvalue weighted by Crippen LogP contribution is -2.38. The number of aryl methyl sites for hydroxylation is 1. The van der Waals surface area contributed by atoms with Gasteiger partial charge in [-0.1, -0.05) is 43.5 Å². The van der Waals surface area contributed by atoms with Crippen LogP contribution in [0.15, 0.2) is 24.3 Å². The van der Waals surface area contributed by atoms with Crippen LogP contribution in [0.2, 0.25) is 0 Å². The number of carbonyl (C=O) groups excluding carboxylic acids is 1. The van der Waals surface area contributed by atoms with E-state index < -0.39 is 6.10 Å². The van der Waals surface area contributed by atoms with Crippen LogP contribution in [0.5, 0.6) is 0 Å². The van der Waals surface area contributed by atoms with E-state index in [1.807, 2.05) is 31.2 Å². The smallest absolute Gasteiger partial charge is 0.224 e. The molecule has 1 amide bonds. The fourth-order valence-corrected chi connectivity index (χ4v) is 4.19. The van der Waals surface area contributed by atoms with Crippen molar-refractivity contribution >= 4 is 5.91 Å². The van der Waals surface area contributed by atoms with E-state index in [1.54, 1.807) is 0 Å². The maximum atomic E-state index is 12.4. The first-order chi connectivity index (χ1) is 11.6. The van der Waals surface area contributed by atoms with E-state index in [-0.39, 0.29) is 11.8 Å². The fraction of sp³-hybridized carbons (Fsp3) is 0.650. The number of likely N-dealkylation sites (tertiary alicyclic amines) is 1. The van der Waals surface area contributed by atoms with E-state index in [9.17, 15) is 9.90 Å². The number of amides is 1. The van der Waals surface area contributed by atoms with Gasteiger partial charge in [0.05, 0.1) is 12.0 Å². The average molecular weight is 330 g/mol. The van der Waals surface area contributed by atoms with E-state index >= 15 is 0 Å². The quantitative estimate of drug-likeness (QED) is 0.873. The molecule has 24 heavy (non-hydrogen) atoms. The summed E-state index contributed by atoms with van der Waals surface area (Å²) in [6.45, 7) is 4.21. The van der Waals surface area contributed by atoms with Crippen LogP contribution in [0, 0.1) is 12.8 Å². The summed E-state index contributed by atoms with van der Waals surface area (Å²) in [7, 11) is 0. The largest absolute Gasteiger partial charge is 0.387 e. The predicted molar refractivity (Wildman–Crippen MR) is 95.7 cm³/mol. The Morgan fingerprint density at radius 2 is 2.00 bits per heavy atom. The van der Waals surface area contributed by atoms with Gasteiger partial charge in [-0.3, -0.25) is 9.69 Å². The lowest BCUT2D eigenvalue weighted by atomic mass is 9.94. The number of hydrogen-bond acceptors (Lipinski definition) is 3. The molecule has 1 aliphatic heterocycles. The third kappa shape index (κ3) is 4.17. The standard InChI is InChI=1S/C20H30N2O2/c1-15-7-5-6-10-18(15)19(23)13-21-20(24)16-11-12-22(14-16)17-8-3-2-4-9-17/h5-7,10,16-17,19,23H,2-4,8-9,11-14H2,1H3,(H,21,24). The van der Waals surface area contributed by atoms with Gasteiger partial charge < -0.3 is 10.4 Å². The van der Waals surface area contributed by atoms with Gasteiger partial charge >= 0.3 is 0 Å². The summed E-state index contributed by atoms with van der Waals surface area (Å²) in [6.07, 6.45) is 6.93. The van der Waals surface area contributed by atoms with Gasteiger partial charge in [-0.2, -0.15) is 0 Å². The zero-order valence-corrected chi connectivity index (χ0v) is 14.7. The molecule has 0 radical (unpaired) electrons. The molecule has 1 saturated carbocycles. The molecule has 2 N–H and O–H groups in total. The minimum Gasteiger partial charge on any atom is -0.387 e. The highest BCUT2D eigenvalue weighted by Gasteiger charge is 2.32. The Bertz CT molecular complexity index is 554. The molecule has 0 bridgehead atoms. The van der Waals surface area contributed by atoms with Gasteiger partial charge in [0, 0.05) is 19.1 Å². The molecule has 0 aromatic heterocycles. The highest BCUT2D eigenvalue weighted by molar-refractivity contribution is 5.79. The minimum atomic E-state index is -0.633. The molecule has 4 nitrogen and oxygen atoms in total. The molecule has 1 saturated heterocycles. The van der Waals surface area contributed by atoms with Crippen LogP contribution in [0.3, 0.4) is 0 Å². The zero-order chi connectivity index (χ0) is 16.9. The van der Waals surface area contributed by atoms with Crippen LogP contribution in [0.25, 0.3) is 0 Å². The maximum absolute atomic E-state index is 12.4. The molecular weight excluding hydrogens is 300 g/mol. The number of hydrogen-bond donors (Lipinski definition) is 2. The molecule has 2 atom stereocenters. The Hall–Kier alpha value is -1.39. The molecule has 4 heteroatoms. The second-order valence-corrected chi connectivity index (χ2v) is 7.39. The van der Waals surface area contributed by atoms with E-state index in [4.69, 9.17) is 0 Å². The number of benzene rings is 1. The van der Waals surface area contributed by atoms with Crippen molar-refractivity contribution in [1.29, 1.82) is 0 Å². The summed E-state index contributed by atoms with van der Waals surface area (Å²) >= 11 is 0.